The third-order valence-corrected chi connectivity index (χ3v) is 4.43. The van der Waals surface area contributed by atoms with Crippen LogP contribution >= 0.6 is 0 Å². The zero-order valence-corrected chi connectivity index (χ0v) is 16.6. The van der Waals surface area contributed by atoms with Crippen molar-refractivity contribution in [3.8, 4) is 16.9 Å². The summed E-state index contributed by atoms with van der Waals surface area (Å²) in [6, 6.07) is 12.2. The van der Waals surface area contributed by atoms with Gasteiger partial charge < -0.3 is 23.8 Å². The largest absolute Gasteiger partial charge is 0.573 e. The number of anilines is 1. The molecular formula is C21H18F3NO6. The number of esters is 2. The van der Waals surface area contributed by atoms with Crippen LogP contribution in [0.2, 0.25) is 0 Å². The number of rotatable bonds is 5. The second-order valence-corrected chi connectivity index (χ2v) is 6.33. The van der Waals surface area contributed by atoms with E-state index in [9.17, 15) is 22.8 Å². The molecule has 1 heterocycles. The van der Waals surface area contributed by atoms with Gasteiger partial charge >= 0.3 is 18.3 Å². The fourth-order valence-electron chi connectivity index (χ4n) is 3.03. The van der Waals surface area contributed by atoms with Gasteiger partial charge in [-0.05, 0) is 35.4 Å². The minimum atomic E-state index is -4.76. The highest BCUT2D eigenvalue weighted by molar-refractivity contribution is 6.03. The minimum Gasteiger partial charge on any atom is -0.466 e. The molecule has 0 N–H and O–H groups in total. The molecule has 0 amide bonds. The van der Waals surface area contributed by atoms with Crippen LogP contribution in [0.15, 0.2) is 59.8 Å². The van der Waals surface area contributed by atoms with Crippen molar-refractivity contribution in [2.24, 2.45) is 0 Å². The molecule has 10 heteroatoms. The first-order chi connectivity index (χ1) is 14.7. The molecule has 0 aromatic heterocycles. The normalized spacial score (nSPS) is 14.3. The Morgan fingerprint density at radius 1 is 0.903 bits per heavy atom. The molecule has 0 atom stereocenters. The summed E-state index contributed by atoms with van der Waals surface area (Å²) < 4.78 is 55.7. The molecule has 0 radical (unpaired) electrons. The first-order valence-corrected chi connectivity index (χ1v) is 8.95. The molecule has 31 heavy (non-hydrogen) atoms. The summed E-state index contributed by atoms with van der Waals surface area (Å²) in [4.78, 5) is 25.9. The van der Waals surface area contributed by atoms with E-state index in [2.05, 4.69) is 4.74 Å². The van der Waals surface area contributed by atoms with E-state index >= 15 is 0 Å². The number of hydrogen-bond donors (Lipinski definition) is 0. The van der Waals surface area contributed by atoms with E-state index in [1.807, 2.05) is 0 Å². The molecule has 0 unspecified atom stereocenters. The third-order valence-electron chi connectivity index (χ3n) is 4.43. The van der Waals surface area contributed by atoms with Crippen LogP contribution in [0, 0.1) is 0 Å². The van der Waals surface area contributed by atoms with Gasteiger partial charge in [0.2, 0.25) is 0 Å². The van der Waals surface area contributed by atoms with Gasteiger partial charge in [0.25, 0.3) is 0 Å². The van der Waals surface area contributed by atoms with E-state index in [1.165, 1.54) is 43.4 Å². The maximum absolute atomic E-state index is 12.3. The van der Waals surface area contributed by atoms with Crippen LogP contribution in [-0.4, -0.2) is 45.9 Å². The molecule has 0 aliphatic carbocycles. The number of benzene rings is 2. The fraction of sp³-hybridized carbons (Fsp3) is 0.238. The van der Waals surface area contributed by atoms with Crippen LogP contribution in [-0.2, 0) is 23.8 Å². The lowest BCUT2D eigenvalue weighted by molar-refractivity contribution is -0.274. The first kappa shape index (κ1) is 22.2. The van der Waals surface area contributed by atoms with Gasteiger partial charge in [0.05, 0.1) is 26.4 Å². The number of ether oxygens (including phenoxy) is 4. The average Bonchev–Trinajstić information content (AvgIpc) is 2.77. The molecule has 0 spiro atoms. The summed E-state index contributed by atoms with van der Waals surface area (Å²) in [5, 5.41) is 0. The molecular weight excluding hydrogens is 419 g/mol. The minimum absolute atomic E-state index is 0.00769. The smallest absolute Gasteiger partial charge is 0.466 e. The summed E-state index contributed by atoms with van der Waals surface area (Å²) in [6.07, 6.45) is -4.76. The fourth-order valence-corrected chi connectivity index (χ4v) is 3.03. The Hall–Kier alpha value is -3.53. The number of carbonyl (C=O) groups excluding carboxylic acids is 2. The summed E-state index contributed by atoms with van der Waals surface area (Å²) in [5.74, 6) is -1.74. The van der Waals surface area contributed by atoms with Crippen molar-refractivity contribution >= 4 is 17.6 Å². The van der Waals surface area contributed by atoms with Crippen LogP contribution < -0.4 is 9.64 Å². The third kappa shape index (κ3) is 5.15. The zero-order valence-electron chi connectivity index (χ0n) is 16.6. The molecule has 164 valence electrons. The standard InChI is InChI=1S/C21H18F3NO6/c1-28-19(26)17-11-30-12-25(18(17)20(27)29-2)15-7-3-13(4-8-15)14-5-9-16(10-6-14)31-21(22,23)24/h3-10H,11-12H2,1-2H3. The Labute approximate surface area is 175 Å². The van der Waals surface area contributed by atoms with Crippen LogP contribution in [0.3, 0.4) is 0 Å². The Morgan fingerprint density at radius 3 is 1.97 bits per heavy atom. The molecule has 0 bridgehead atoms. The summed E-state index contributed by atoms with van der Waals surface area (Å²) in [7, 11) is 2.40. The second-order valence-electron chi connectivity index (χ2n) is 6.33. The van der Waals surface area contributed by atoms with E-state index in [0.29, 0.717) is 11.3 Å². The molecule has 0 saturated heterocycles. The number of halogens is 3. The lowest BCUT2D eigenvalue weighted by atomic mass is 10.0. The maximum Gasteiger partial charge on any atom is 0.573 e. The van der Waals surface area contributed by atoms with E-state index < -0.39 is 18.3 Å². The van der Waals surface area contributed by atoms with Crippen LogP contribution in [0.1, 0.15) is 0 Å². The monoisotopic (exact) mass is 437 g/mol. The highest BCUT2D eigenvalue weighted by Gasteiger charge is 2.32. The number of alkyl halides is 3. The van der Waals surface area contributed by atoms with Gasteiger partial charge in [0.15, 0.2) is 0 Å². The van der Waals surface area contributed by atoms with E-state index in [-0.39, 0.29) is 30.4 Å². The SMILES string of the molecule is COC(=O)C1=C(C(=O)OC)N(c2ccc(-c3ccc(OC(F)(F)F)cc3)cc2)COC1. The van der Waals surface area contributed by atoms with Crippen molar-refractivity contribution in [2.45, 2.75) is 6.36 Å². The molecule has 1 aliphatic rings. The van der Waals surface area contributed by atoms with Crippen LogP contribution in [0.25, 0.3) is 11.1 Å². The van der Waals surface area contributed by atoms with Crippen LogP contribution in [0.4, 0.5) is 18.9 Å². The van der Waals surface area contributed by atoms with Gasteiger partial charge in [-0.25, -0.2) is 9.59 Å². The van der Waals surface area contributed by atoms with Crippen molar-refractivity contribution in [1.29, 1.82) is 0 Å². The maximum atomic E-state index is 12.3. The summed E-state index contributed by atoms with van der Waals surface area (Å²) >= 11 is 0. The average molecular weight is 437 g/mol. The molecule has 0 saturated carbocycles. The van der Waals surface area contributed by atoms with Gasteiger partial charge in [-0.3, -0.25) is 0 Å². The van der Waals surface area contributed by atoms with Gasteiger partial charge in [-0.2, -0.15) is 0 Å². The Kier molecular flexibility index (Phi) is 6.50. The number of methoxy groups -OCH3 is 2. The molecule has 2 aromatic carbocycles. The Balaban J connectivity index is 1.88. The van der Waals surface area contributed by atoms with Crippen molar-refractivity contribution in [1.82, 2.24) is 0 Å². The Bertz CT molecular complexity index is 984. The van der Waals surface area contributed by atoms with Crippen molar-refractivity contribution in [2.75, 3.05) is 32.5 Å². The Morgan fingerprint density at radius 2 is 1.45 bits per heavy atom. The molecule has 1 aliphatic heterocycles. The van der Waals surface area contributed by atoms with Gasteiger partial charge in [-0.15, -0.1) is 13.2 Å². The lowest BCUT2D eigenvalue weighted by Crippen LogP contribution is -2.38. The van der Waals surface area contributed by atoms with Crippen molar-refractivity contribution in [3.05, 3.63) is 59.8 Å². The highest BCUT2D eigenvalue weighted by Crippen LogP contribution is 2.30. The molecule has 3 rings (SSSR count). The molecule has 7 nitrogen and oxygen atoms in total. The van der Waals surface area contributed by atoms with Crippen molar-refractivity contribution in [3.63, 3.8) is 0 Å². The predicted molar refractivity (Wildman–Crippen MR) is 103 cm³/mol. The first-order valence-electron chi connectivity index (χ1n) is 8.95. The quantitative estimate of drug-likeness (QED) is 0.661. The second kappa shape index (κ2) is 9.09. The van der Waals surface area contributed by atoms with Gasteiger partial charge in [0, 0.05) is 5.69 Å². The number of carbonyl (C=O) groups is 2. The molecule has 2 aromatic rings. The van der Waals surface area contributed by atoms with E-state index in [0.717, 1.165) is 5.56 Å². The summed E-state index contributed by atoms with van der Waals surface area (Å²) in [6.45, 7) is -0.0915. The summed E-state index contributed by atoms with van der Waals surface area (Å²) in [5.41, 5.74) is 1.97. The number of hydrogen-bond acceptors (Lipinski definition) is 7. The molecule has 0 fully saturated rings. The lowest BCUT2D eigenvalue weighted by Gasteiger charge is -2.31. The topological polar surface area (TPSA) is 74.3 Å². The number of nitrogens with zero attached hydrogens (tertiary/aromatic N) is 1. The zero-order chi connectivity index (χ0) is 22.6. The van der Waals surface area contributed by atoms with Gasteiger partial charge in [0.1, 0.15) is 18.2 Å². The van der Waals surface area contributed by atoms with E-state index in [4.69, 9.17) is 14.2 Å². The van der Waals surface area contributed by atoms with E-state index in [1.54, 1.807) is 24.3 Å². The predicted octanol–water partition coefficient (Wildman–Crippen LogP) is 3.65. The highest BCUT2D eigenvalue weighted by atomic mass is 19.4. The van der Waals surface area contributed by atoms with Crippen molar-refractivity contribution < 1.29 is 41.7 Å². The van der Waals surface area contributed by atoms with Gasteiger partial charge in [-0.1, -0.05) is 24.3 Å². The van der Waals surface area contributed by atoms with Crippen LogP contribution in [0.5, 0.6) is 5.75 Å².